The van der Waals surface area contributed by atoms with Crippen LogP contribution in [0.4, 0.5) is 13.2 Å². The number of halogens is 3. The summed E-state index contributed by atoms with van der Waals surface area (Å²) < 4.78 is 51.8. The van der Waals surface area contributed by atoms with Crippen molar-refractivity contribution in [2.24, 2.45) is 0 Å². The van der Waals surface area contributed by atoms with E-state index in [-0.39, 0.29) is 34.6 Å². The summed E-state index contributed by atoms with van der Waals surface area (Å²) in [6.07, 6.45) is -0.848. The first kappa shape index (κ1) is 26.2. The van der Waals surface area contributed by atoms with Crippen LogP contribution in [0, 0.1) is 6.92 Å². The van der Waals surface area contributed by atoms with Crippen LogP contribution in [0.2, 0.25) is 0 Å². The lowest BCUT2D eigenvalue weighted by molar-refractivity contribution is -0.142. The van der Waals surface area contributed by atoms with Crippen LogP contribution >= 0.6 is 0 Å². The molecule has 0 saturated carbocycles. The van der Waals surface area contributed by atoms with Gasteiger partial charge in [-0.1, -0.05) is 5.16 Å². The van der Waals surface area contributed by atoms with Crippen LogP contribution in [0.15, 0.2) is 47.6 Å². The number of ether oxygens (including phenoxy) is 1. The van der Waals surface area contributed by atoms with Gasteiger partial charge in [-0.05, 0) is 37.6 Å². The molecule has 39 heavy (non-hydrogen) atoms. The lowest BCUT2D eigenvalue weighted by Gasteiger charge is -2.35. The molecule has 1 N–H and O–H groups in total. The Morgan fingerprint density at radius 2 is 1.85 bits per heavy atom. The van der Waals surface area contributed by atoms with E-state index in [2.05, 4.69) is 19.6 Å². The molecule has 1 aliphatic heterocycles. The van der Waals surface area contributed by atoms with Crippen LogP contribution in [0.5, 0.6) is 11.6 Å². The van der Waals surface area contributed by atoms with Gasteiger partial charge in [-0.15, -0.1) is 0 Å². The second kappa shape index (κ2) is 10.0. The van der Waals surface area contributed by atoms with E-state index >= 15 is 0 Å². The molecule has 3 aromatic heterocycles. The highest BCUT2D eigenvalue weighted by Gasteiger charge is 2.38. The molecule has 1 aliphatic rings. The molecule has 0 aliphatic carbocycles. The molecule has 1 atom stereocenters. The number of carbonyl (C=O) groups excluding carboxylic acids is 2. The van der Waals surface area contributed by atoms with Crippen LogP contribution in [0.3, 0.4) is 0 Å². The Kier molecular flexibility index (Phi) is 6.72. The van der Waals surface area contributed by atoms with Crippen LogP contribution < -0.4 is 4.74 Å². The van der Waals surface area contributed by atoms with Crippen LogP contribution in [-0.4, -0.2) is 78.5 Å². The van der Waals surface area contributed by atoms with E-state index in [9.17, 15) is 27.9 Å². The smallest absolute Gasteiger partial charge is 0.436 e. The van der Waals surface area contributed by atoms with Gasteiger partial charge in [0.05, 0.1) is 17.5 Å². The molecule has 204 valence electrons. The number of amides is 2. The number of fused-ring (bicyclic) bond motifs is 1. The van der Waals surface area contributed by atoms with Gasteiger partial charge in [-0.3, -0.25) is 14.0 Å². The monoisotopic (exact) mass is 544 g/mol. The quantitative estimate of drug-likeness (QED) is 0.406. The molecular weight excluding hydrogens is 521 g/mol. The summed E-state index contributed by atoms with van der Waals surface area (Å²) in [6.45, 7) is 4.50. The molecule has 4 aromatic rings. The number of aromatic nitrogens is 4. The standard InChI is InChI=1S/C25H23F3N6O5/c1-14-11-16(3-4-17(14)24(37)33-9-7-32(8-10-33)23(36)15(2)35)39-22-21-30-12-19(34(21)6-5-29-22)18-13-38-31-20(18)25(26,27)28/h3-6,11-13,15,35H,7-10H2,1-2H3/t15-/m1/s1. The zero-order valence-corrected chi connectivity index (χ0v) is 20.8. The van der Waals surface area contributed by atoms with Crippen molar-refractivity contribution >= 4 is 17.5 Å². The van der Waals surface area contributed by atoms with Gasteiger partial charge in [0.2, 0.25) is 5.65 Å². The van der Waals surface area contributed by atoms with Crippen LogP contribution in [0.25, 0.3) is 16.9 Å². The number of alkyl halides is 3. The molecule has 0 spiro atoms. The lowest BCUT2D eigenvalue weighted by Crippen LogP contribution is -2.52. The highest BCUT2D eigenvalue weighted by molar-refractivity contribution is 5.96. The lowest BCUT2D eigenvalue weighted by atomic mass is 10.1. The van der Waals surface area contributed by atoms with E-state index in [1.165, 1.54) is 34.8 Å². The molecule has 5 rings (SSSR count). The minimum Gasteiger partial charge on any atom is -0.436 e. The second-order valence-electron chi connectivity index (χ2n) is 9.02. The Balaban J connectivity index is 1.34. The first-order valence-electron chi connectivity index (χ1n) is 11.9. The minimum atomic E-state index is -4.71. The van der Waals surface area contributed by atoms with Crippen molar-refractivity contribution in [1.29, 1.82) is 0 Å². The van der Waals surface area contributed by atoms with Gasteiger partial charge < -0.3 is 24.2 Å². The Hall–Kier alpha value is -4.46. The first-order valence-corrected chi connectivity index (χ1v) is 11.9. The third-order valence-corrected chi connectivity index (χ3v) is 6.39. The Morgan fingerprint density at radius 1 is 1.13 bits per heavy atom. The molecule has 2 amide bonds. The summed E-state index contributed by atoms with van der Waals surface area (Å²) >= 11 is 0. The van der Waals surface area contributed by atoms with Crippen LogP contribution in [-0.2, 0) is 11.0 Å². The molecule has 0 bridgehead atoms. The molecular formula is C25H23F3N6O5. The second-order valence-corrected chi connectivity index (χ2v) is 9.02. The fourth-order valence-electron chi connectivity index (χ4n) is 4.41. The third-order valence-electron chi connectivity index (χ3n) is 6.39. The Labute approximate surface area is 219 Å². The summed E-state index contributed by atoms with van der Waals surface area (Å²) in [6, 6.07) is 4.85. The maximum absolute atomic E-state index is 13.3. The zero-order valence-electron chi connectivity index (χ0n) is 20.8. The van der Waals surface area contributed by atoms with Crippen molar-refractivity contribution in [3.8, 4) is 22.9 Å². The molecule has 11 nitrogen and oxygen atoms in total. The van der Waals surface area contributed by atoms with Crippen molar-refractivity contribution in [2.45, 2.75) is 26.1 Å². The SMILES string of the molecule is Cc1cc(Oc2nccn3c(-c4conc4C(F)(F)F)cnc23)ccc1C(=O)N1CCN(C(=O)[C@@H](C)O)CC1. The molecule has 1 saturated heterocycles. The average molecular weight is 544 g/mol. The maximum Gasteiger partial charge on any atom is 0.437 e. The highest BCUT2D eigenvalue weighted by Crippen LogP contribution is 2.37. The number of hydrogen-bond donors (Lipinski definition) is 1. The summed E-state index contributed by atoms with van der Waals surface area (Å²) in [5.74, 6) is -0.167. The Bertz CT molecular complexity index is 1540. The number of benzene rings is 1. The number of piperazine rings is 1. The van der Waals surface area contributed by atoms with Gasteiger partial charge in [-0.25, -0.2) is 9.97 Å². The van der Waals surface area contributed by atoms with Gasteiger partial charge in [0.15, 0.2) is 5.69 Å². The van der Waals surface area contributed by atoms with E-state index in [0.717, 1.165) is 6.26 Å². The summed E-state index contributed by atoms with van der Waals surface area (Å²) in [5.41, 5.74) is -0.0888. The topological polar surface area (TPSA) is 126 Å². The highest BCUT2D eigenvalue weighted by atomic mass is 19.4. The fraction of sp³-hybridized carbons (Fsp3) is 0.320. The van der Waals surface area contributed by atoms with Gasteiger partial charge in [0, 0.05) is 44.1 Å². The van der Waals surface area contributed by atoms with E-state index < -0.39 is 18.0 Å². The van der Waals surface area contributed by atoms with Gasteiger partial charge in [-0.2, -0.15) is 13.2 Å². The van der Waals surface area contributed by atoms with Gasteiger partial charge >= 0.3 is 6.18 Å². The van der Waals surface area contributed by atoms with Gasteiger partial charge in [0.25, 0.3) is 17.7 Å². The number of aryl methyl sites for hydroxylation is 1. The van der Waals surface area contributed by atoms with E-state index in [1.54, 1.807) is 30.0 Å². The molecule has 4 heterocycles. The number of aliphatic hydroxyl groups excluding tert-OH is 1. The van der Waals surface area contributed by atoms with Crippen molar-refractivity contribution < 1.29 is 37.1 Å². The largest absolute Gasteiger partial charge is 0.437 e. The van der Waals surface area contributed by atoms with Crippen molar-refractivity contribution in [3.05, 3.63) is 59.9 Å². The zero-order chi connectivity index (χ0) is 27.9. The van der Waals surface area contributed by atoms with Crippen LogP contribution in [0.1, 0.15) is 28.5 Å². The molecule has 1 fully saturated rings. The van der Waals surface area contributed by atoms with Crippen molar-refractivity contribution in [2.75, 3.05) is 26.2 Å². The predicted molar refractivity (Wildman–Crippen MR) is 129 cm³/mol. The Morgan fingerprint density at radius 3 is 2.51 bits per heavy atom. The van der Waals surface area contributed by atoms with Crippen molar-refractivity contribution in [3.63, 3.8) is 0 Å². The number of rotatable bonds is 5. The maximum atomic E-state index is 13.3. The number of hydrogen-bond acceptors (Lipinski definition) is 8. The van der Waals surface area contributed by atoms with E-state index in [0.29, 0.717) is 43.1 Å². The predicted octanol–water partition coefficient (Wildman–Crippen LogP) is 3.17. The fourth-order valence-corrected chi connectivity index (χ4v) is 4.41. The van der Waals surface area contributed by atoms with Crippen molar-refractivity contribution in [1.82, 2.24) is 29.3 Å². The summed E-state index contributed by atoms with van der Waals surface area (Å²) in [4.78, 5) is 36.6. The minimum absolute atomic E-state index is 0.0474. The summed E-state index contributed by atoms with van der Waals surface area (Å²) in [7, 11) is 0. The van der Waals surface area contributed by atoms with E-state index in [4.69, 9.17) is 4.74 Å². The summed E-state index contributed by atoms with van der Waals surface area (Å²) in [5, 5.41) is 12.6. The molecule has 0 radical (unpaired) electrons. The molecule has 14 heteroatoms. The normalized spacial score (nSPS) is 15.0. The number of aliphatic hydroxyl groups is 1. The third kappa shape index (κ3) is 5.02. The number of carbonyl (C=O) groups is 2. The van der Waals surface area contributed by atoms with E-state index in [1.807, 2.05) is 0 Å². The molecule has 1 aromatic carbocycles. The number of imidazole rings is 1. The average Bonchev–Trinajstić information content (AvgIpc) is 3.56. The van der Waals surface area contributed by atoms with Gasteiger partial charge in [0.1, 0.15) is 18.1 Å². The number of nitrogens with zero attached hydrogens (tertiary/aromatic N) is 6. The molecule has 0 unspecified atom stereocenters. The first-order chi connectivity index (χ1) is 18.5.